The monoisotopic (exact) mass is 1230 g/mol. The molecule has 1 aliphatic heterocycles. The lowest BCUT2D eigenvalue weighted by Gasteiger charge is -2.67. The highest BCUT2D eigenvalue weighted by Gasteiger charge is 2.78. The van der Waals surface area contributed by atoms with Crippen molar-refractivity contribution >= 4 is 60.6 Å². The molecule has 5 aliphatic rings. The Morgan fingerprint density at radius 3 is 1.92 bits per heavy atom. The normalized spacial score (nSPS) is 29.5. The van der Waals surface area contributed by atoms with Crippen molar-refractivity contribution in [2.24, 2.45) is 16.7 Å². The highest BCUT2D eigenvalue weighted by Crippen LogP contribution is 2.64. The number of aliphatic hydroxyl groups is 3. The molecule has 3 saturated carbocycles. The lowest BCUT2D eigenvalue weighted by Crippen LogP contribution is -2.82. The lowest BCUT2D eigenvalue weighted by molar-refractivity contribution is -0.346. The fourth-order valence-electron chi connectivity index (χ4n) is 13.1. The second-order valence-corrected chi connectivity index (χ2v) is 25.6. The molecule has 4 aromatic rings. The standard InChI is InChI=1S/C47H51NO14.C13H16ClNO.C4H10FO2P/c1-25-31(60-43(56)36(52)35(28-16-10-7-11-17-28)48-41(54)29-18-12-8-13-19-29)23-47(57)40(61-42(55)30-20-14-9-15-21-30)38-45(6,32(51)22-33-46(38,24-58-33)62-27(3)50)39(53)37(59-26(2)49)34(25)44(47,4)5;1-15-13(9-5-4-8-12(13)16)10-6-2-3-7-11(10)14;1-4(2)7-8(3,5)6/h7-21,31-33,35-38,40,51-52,57H,22-24H2,1-6H3,(H,48,54);2-3,6-7,15H,4-5,8-9H2,1H3;4H,1-3H3/t31-,32-,33+,35-,36+,37+,38-,40-,45+,46-,47+;;/m0../s1. The number of carbonyl (C=O) groups excluding carboxylic acids is 7. The summed E-state index contributed by atoms with van der Waals surface area (Å²) in [5, 5.41) is 44.1. The Morgan fingerprint density at radius 2 is 1.41 bits per heavy atom. The van der Waals surface area contributed by atoms with Crippen LogP contribution in [0.5, 0.6) is 0 Å². The van der Waals surface area contributed by atoms with Crippen LogP contribution in [0.1, 0.15) is 132 Å². The number of hydrogen-bond acceptors (Lipinski definition) is 18. The molecule has 2 bridgehead atoms. The van der Waals surface area contributed by atoms with Gasteiger partial charge in [-0.2, -0.15) is 4.20 Å². The zero-order chi connectivity index (χ0) is 63.3. The number of amides is 1. The average Bonchev–Trinajstić information content (AvgIpc) is 0.678. The van der Waals surface area contributed by atoms with Gasteiger partial charge >= 0.3 is 31.6 Å². The van der Waals surface area contributed by atoms with Crippen molar-refractivity contribution in [3.8, 4) is 0 Å². The largest absolute Gasteiger partial charge is 0.456 e. The minimum Gasteiger partial charge on any atom is -0.456 e. The molecule has 4 fully saturated rings. The number of nitrogens with one attached hydrogen (secondary N) is 2. The maximum atomic E-state index is 15.5. The molecule has 1 amide bonds. The molecule has 4 aliphatic carbocycles. The first-order chi connectivity index (χ1) is 40.4. The molecule has 1 heterocycles. The van der Waals surface area contributed by atoms with Gasteiger partial charge in [0.05, 0.1) is 41.8 Å². The number of rotatable bonds is 14. The maximum Gasteiger partial charge on any atom is 0.364 e. The molecule has 0 radical (unpaired) electrons. The molecule has 2 unspecified atom stereocenters. The molecule has 19 nitrogen and oxygen atoms in total. The van der Waals surface area contributed by atoms with Gasteiger partial charge in [0.15, 0.2) is 29.4 Å². The SMILES string of the molecule is CC(=O)O[C@H]1C(=O)[C@@]2(C)[C@H]([C@H](OC(=O)c3ccccc3)[C@]3(O)C[C@H](OC(=O)[C@H](O)[C@@H](NC(=O)c4ccccc4)c4ccccc4)C(C)=C1C3(C)C)[C@]1(OC(C)=O)CO[C@@H]1C[C@@H]2O.CC(C)OP(C)(=O)F.CNC1(c2ccccc2Cl)CCCCC1=O. The molecule has 0 spiro atoms. The van der Waals surface area contributed by atoms with Gasteiger partial charge in [0.25, 0.3) is 5.91 Å². The Labute approximate surface area is 505 Å². The topological polar surface area (TPSA) is 277 Å². The quantitative estimate of drug-likeness (QED) is 0.0341. The fourth-order valence-corrected chi connectivity index (χ4v) is 14.1. The van der Waals surface area contributed by atoms with Crippen LogP contribution in [-0.2, 0) is 62.3 Å². The van der Waals surface area contributed by atoms with Gasteiger partial charge in [0.1, 0.15) is 29.5 Å². The summed E-state index contributed by atoms with van der Waals surface area (Å²) in [6.07, 6.45) is -7.26. The number of ether oxygens (including phenoxy) is 5. The molecular formula is C64H77ClFN2O17P. The van der Waals surface area contributed by atoms with Crippen LogP contribution in [0.4, 0.5) is 4.20 Å². The predicted molar refractivity (Wildman–Crippen MR) is 314 cm³/mol. The van der Waals surface area contributed by atoms with Crippen molar-refractivity contribution in [3.63, 3.8) is 0 Å². The first-order valence-electron chi connectivity index (χ1n) is 28.5. The van der Waals surface area contributed by atoms with Gasteiger partial charge in [-0.3, -0.25) is 28.5 Å². The molecule has 9 rings (SSSR count). The van der Waals surface area contributed by atoms with Crippen LogP contribution in [0, 0.1) is 16.7 Å². The van der Waals surface area contributed by atoms with Crippen LogP contribution >= 0.6 is 19.3 Å². The summed E-state index contributed by atoms with van der Waals surface area (Å²) in [5.74, 6) is -6.58. The third-order valence-corrected chi connectivity index (χ3v) is 18.4. The molecule has 86 heavy (non-hydrogen) atoms. The summed E-state index contributed by atoms with van der Waals surface area (Å²) in [6, 6.07) is 30.6. The van der Waals surface area contributed by atoms with Gasteiger partial charge in [-0.05, 0) is 100 Å². The van der Waals surface area contributed by atoms with E-state index in [1.54, 1.807) is 107 Å². The number of esters is 4. The minimum atomic E-state index is -3.72. The number of benzene rings is 4. The average molecular weight is 1230 g/mol. The zero-order valence-electron chi connectivity index (χ0n) is 49.9. The minimum absolute atomic E-state index is 0.00289. The van der Waals surface area contributed by atoms with Crippen molar-refractivity contribution in [3.05, 3.63) is 154 Å². The van der Waals surface area contributed by atoms with E-state index in [2.05, 4.69) is 15.2 Å². The maximum absolute atomic E-state index is 15.5. The van der Waals surface area contributed by atoms with E-state index in [4.69, 9.17) is 35.3 Å². The second kappa shape index (κ2) is 26.9. The van der Waals surface area contributed by atoms with Gasteiger partial charge in [-0.25, -0.2) is 9.59 Å². The van der Waals surface area contributed by atoms with Crippen LogP contribution < -0.4 is 10.6 Å². The number of halogens is 2. The summed E-state index contributed by atoms with van der Waals surface area (Å²) in [4.78, 5) is 95.6. The van der Waals surface area contributed by atoms with E-state index in [9.17, 15) is 52.8 Å². The van der Waals surface area contributed by atoms with Crippen LogP contribution in [0.25, 0.3) is 0 Å². The highest BCUT2D eigenvalue weighted by atomic mass is 35.5. The van der Waals surface area contributed by atoms with Crippen molar-refractivity contribution in [1.82, 2.24) is 10.6 Å². The van der Waals surface area contributed by atoms with E-state index in [0.29, 0.717) is 17.0 Å². The van der Waals surface area contributed by atoms with E-state index >= 15 is 4.79 Å². The van der Waals surface area contributed by atoms with Gasteiger partial charge in [0, 0.05) is 55.8 Å². The smallest absolute Gasteiger partial charge is 0.364 e. The van der Waals surface area contributed by atoms with Crippen molar-refractivity contribution in [2.75, 3.05) is 20.3 Å². The zero-order valence-corrected chi connectivity index (χ0v) is 51.5. The molecule has 0 aromatic heterocycles. The summed E-state index contributed by atoms with van der Waals surface area (Å²) in [7, 11) is -1.88. The predicted octanol–water partition coefficient (Wildman–Crippen LogP) is 8.84. The Balaban J connectivity index is 0.000000364. The third kappa shape index (κ3) is 13.5. The van der Waals surface area contributed by atoms with E-state index in [0.717, 1.165) is 45.3 Å². The summed E-state index contributed by atoms with van der Waals surface area (Å²) in [5.41, 5.74) is -6.66. The number of hydrogen-bond donors (Lipinski definition) is 5. The van der Waals surface area contributed by atoms with Gasteiger partial charge in [0.2, 0.25) is 0 Å². The van der Waals surface area contributed by atoms with Crippen LogP contribution in [-0.4, -0.2) is 131 Å². The molecule has 5 N–H and O–H groups in total. The van der Waals surface area contributed by atoms with Crippen molar-refractivity contribution in [1.29, 1.82) is 0 Å². The highest BCUT2D eigenvalue weighted by molar-refractivity contribution is 7.52. The number of aliphatic hydroxyl groups excluding tert-OH is 2. The van der Waals surface area contributed by atoms with E-state index in [-0.39, 0.29) is 47.2 Å². The van der Waals surface area contributed by atoms with E-state index in [1.807, 2.05) is 31.3 Å². The van der Waals surface area contributed by atoms with Gasteiger partial charge in [-0.15, -0.1) is 0 Å². The molecule has 464 valence electrons. The Hall–Kier alpha value is -6.48. The number of Topliss-reactive ketones (excluding diaryl/α,β-unsaturated/α-hetero) is 2. The Morgan fingerprint density at radius 1 is 0.826 bits per heavy atom. The Kier molecular flexibility index (Phi) is 20.9. The third-order valence-electron chi connectivity index (χ3n) is 17.3. The number of fused-ring (bicyclic) bond motifs is 5. The van der Waals surface area contributed by atoms with Crippen LogP contribution in [0.3, 0.4) is 0 Å². The first kappa shape index (κ1) is 67.0. The second-order valence-electron chi connectivity index (χ2n) is 23.5. The van der Waals surface area contributed by atoms with E-state index in [1.165, 1.54) is 26.0 Å². The number of ketones is 2. The Bertz CT molecular complexity index is 3240. The van der Waals surface area contributed by atoms with Crippen LogP contribution in [0.2, 0.25) is 5.02 Å². The molecule has 4 aromatic carbocycles. The summed E-state index contributed by atoms with van der Waals surface area (Å²) >= 11 is 6.20. The number of likely N-dealkylation sites (N-methyl/N-ethyl adjacent to an activating group) is 1. The first-order valence-corrected chi connectivity index (χ1v) is 30.9. The summed E-state index contributed by atoms with van der Waals surface area (Å²) < 4.78 is 56.7. The van der Waals surface area contributed by atoms with Crippen LogP contribution in [0.15, 0.2) is 126 Å². The lowest BCUT2D eigenvalue weighted by atomic mass is 9.44. The van der Waals surface area contributed by atoms with Crippen molar-refractivity contribution in [2.45, 2.75) is 159 Å². The summed E-state index contributed by atoms with van der Waals surface area (Å²) in [6.45, 7) is 12.2. The molecule has 1 saturated heterocycles. The molecule has 22 heteroatoms. The van der Waals surface area contributed by atoms with Gasteiger partial charge in [-0.1, -0.05) is 117 Å². The van der Waals surface area contributed by atoms with E-state index < -0.39 is 126 Å². The number of carbonyl (C=O) groups is 7. The van der Waals surface area contributed by atoms with Crippen molar-refractivity contribution < 1.29 is 85.9 Å². The molecule has 13 atom stereocenters. The fraction of sp³-hybridized carbons (Fsp3) is 0.484. The van der Waals surface area contributed by atoms with Gasteiger partial charge < -0.3 is 54.2 Å². The molecular weight excluding hydrogens is 1150 g/mol.